The maximum Gasteiger partial charge on any atom is 0.309 e. The lowest BCUT2D eigenvalue weighted by Crippen LogP contribution is -2.37. The Kier molecular flexibility index (Phi) is 5.24. The summed E-state index contributed by atoms with van der Waals surface area (Å²) < 4.78 is 5.62. The van der Waals surface area contributed by atoms with Gasteiger partial charge in [0.05, 0.1) is 23.7 Å². The minimum absolute atomic E-state index is 0.0891. The summed E-state index contributed by atoms with van der Waals surface area (Å²) >= 11 is 0. The molecule has 0 bridgehead atoms. The van der Waals surface area contributed by atoms with Gasteiger partial charge in [0.2, 0.25) is 0 Å². The topological polar surface area (TPSA) is 79.1 Å². The summed E-state index contributed by atoms with van der Waals surface area (Å²) in [6.07, 6.45) is 6.24. The van der Waals surface area contributed by atoms with Crippen LogP contribution in [-0.4, -0.2) is 29.0 Å². The van der Waals surface area contributed by atoms with E-state index >= 15 is 0 Å². The molecule has 1 aromatic carbocycles. The summed E-state index contributed by atoms with van der Waals surface area (Å²) in [6.45, 7) is 3.39. The number of aromatic nitrogens is 2. The van der Waals surface area contributed by atoms with E-state index in [2.05, 4.69) is 20.9 Å². The number of nitriles is 1. The van der Waals surface area contributed by atoms with Crippen molar-refractivity contribution in [1.29, 1.82) is 5.26 Å². The second kappa shape index (κ2) is 7.75. The zero-order chi connectivity index (χ0) is 17.6. The SMILES string of the molecule is CC(OC(=O)C1CCN(c2cnccn2)CC1)c1ccc(C#N)cc1. The first kappa shape index (κ1) is 16.9. The Balaban J connectivity index is 1.53. The van der Waals surface area contributed by atoms with Gasteiger partial charge in [-0.1, -0.05) is 12.1 Å². The zero-order valence-electron chi connectivity index (χ0n) is 14.1. The van der Waals surface area contributed by atoms with Gasteiger partial charge < -0.3 is 9.64 Å². The molecule has 128 valence electrons. The average Bonchev–Trinajstić information content (AvgIpc) is 2.68. The number of carbonyl (C=O) groups is 1. The van der Waals surface area contributed by atoms with Crippen molar-refractivity contribution in [2.24, 2.45) is 5.92 Å². The lowest BCUT2D eigenvalue weighted by molar-refractivity contribution is -0.154. The van der Waals surface area contributed by atoms with Gasteiger partial charge in [-0.05, 0) is 37.5 Å². The number of hydrogen-bond donors (Lipinski definition) is 0. The highest BCUT2D eigenvalue weighted by Gasteiger charge is 2.28. The molecule has 3 rings (SSSR count). The van der Waals surface area contributed by atoms with E-state index in [4.69, 9.17) is 10.00 Å². The van der Waals surface area contributed by atoms with Gasteiger partial charge in [-0.15, -0.1) is 0 Å². The molecule has 6 nitrogen and oxygen atoms in total. The standard InChI is InChI=1S/C19H20N4O2/c1-14(16-4-2-15(12-20)3-5-16)25-19(24)17-6-10-23(11-7-17)18-13-21-8-9-22-18/h2-5,8-9,13-14,17H,6-7,10-11H2,1H3. The number of hydrogen-bond acceptors (Lipinski definition) is 6. The normalized spacial score (nSPS) is 16.1. The van der Waals surface area contributed by atoms with Crippen LogP contribution in [0.25, 0.3) is 0 Å². The quantitative estimate of drug-likeness (QED) is 0.799. The van der Waals surface area contributed by atoms with Crippen LogP contribution in [-0.2, 0) is 9.53 Å². The minimum Gasteiger partial charge on any atom is -0.458 e. The van der Waals surface area contributed by atoms with Gasteiger partial charge in [-0.2, -0.15) is 5.26 Å². The zero-order valence-corrected chi connectivity index (χ0v) is 14.1. The molecule has 6 heteroatoms. The van der Waals surface area contributed by atoms with E-state index in [0.717, 1.165) is 37.3 Å². The third-order valence-corrected chi connectivity index (χ3v) is 4.50. The van der Waals surface area contributed by atoms with Crippen molar-refractivity contribution < 1.29 is 9.53 Å². The molecule has 1 unspecified atom stereocenters. The lowest BCUT2D eigenvalue weighted by Gasteiger charge is -2.31. The van der Waals surface area contributed by atoms with Crippen molar-refractivity contribution in [2.45, 2.75) is 25.9 Å². The van der Waals surface area contributed by atoms with Crippen LogP contribution in [0.4, 0.5) is 5.82 Å². The van der Waals surface area contributed by atoms with E-state index in [1.807, 2.05) is 19.1 Å². The van der Waals surface area contributed by atoms with Gasteiger partial charge in [0.1, 0.15) is 11.9 Å². The molecule has 1 aliphatic rings. The fourth-order valence-electron chi connectivity index (χ4n) is 2.97. The fraction of sp³-hybridized carbons (Fsp3) is 0.368. The van der Waals surface area contributed by atoms with Crippen LogP contribution in [0.2, 0.25) is 0 Å². The molecule has 2 heterocycles. The maximum absolute atomic E-state index is 12.4. The molecule has 0 spiro atoms. The number of ether oxygens (including phenoxy) is 1. The molecule has 2 aromatic rings. The van der Waals surface area contributed by atoms with E-state index in [0.29, 0.717) is 5.56 Å². The number of benzene rings is 1. The highest BCUT2D eigenvalue weighted by Crippen LogP contribution is 2.25. The first-order valence-corrected chi connectivity index (χ1v) is 8.39. The first-order valence-electron chi connectivity index (χ1n) is 8.39. The summed E-state index contributed by atoms with van der Waals surface area (Å²) in [5, 5.41) is 8.84. The predicted octanol–water partition coefficient (Wildman–Crippen LogP) is 2.87. The molecular weight excluding hydrogens is 316 g/mol. The Labute approximate surface area is 147 Å². The van der Waals surface area contributed by atoms with E-state index in [9.17, 15) is 4.79 Å². The molecule has 25 heavy (non-hydrogen) atoms. The molecule has 1 aliphatic heterocycles. The Hall–Kier alpha value is -2.94. The highest BCUT2D eigenvalue weighted by atomic mass is 16.5. The van der Waals surface area contributed by atoms with Gasteiger partial charge >= 0.3 is 5.97 Å². The number of carbonyl (C=O) groups excluding carboxylic acids is 1. The van der Waals surface area contributed by atoms with Crippen LogP contribution in [0.3, 0.4) is 0 Å². The molecule has 0 amide bonds. The van der Waals surface area contributed by atoms with Crippen LogP contribution in [0.15, 0.2) is 42.9 Å². The number of nitrogens with zero attached hydrogens (tertiary/aromatic N) is 4. The summed E-state index contributed by atoms with van der Waals surface area (Å²) in [6, 6.07) is 9.20. The molecule has 0 radical (unpaired) electrons. The van der Waals surface area contributed by atoms with Gasteiger partial charge in [0, 0.05) is 25.5 Å². The first-order chi connectivity index (χ1) is 12.2. The number of rotatable bonds is 4. The second-order valence-electron chi connectivity index (χ2n) is 6.14. The lowest BCUT2D eigenvalue weighted by atomic mass is 9.97. The van der Waals surface area contributed by atoms with E-state index in [1.54, 1.807) is 30.7 Å². The largest absolute Gasteiger partial charge is 0.458 e. The fourth-order valence-corrected chi connectivity index (χ4v) is 2.97. The molecular formula is C19H20N4O2. The Bertz CT molecular complexity index is 747. The van der Waals surface area contributed by atoms with E-state index < -0.39 is 0 Å². The van der Waals surface area contributed by atoms with E-state index in [1.165, 1.54) is 0 Å². The molecule has 1 atom stereocenters. The van der Waals surface area contributed by atoms with Crippen molar-refractivity contribution in [2.75, 3.05) is 18.0 Å². The minimum atomic E-state index is -0.321. The van der Waals surface area contributed by atoms with Crippen molar-refractivity contribution in [3.8, 4) is 6.07 Å². The van der Waals surface area contributed by atoms with Crippen molar-refractivity contribution in [3.05, 3.63) is 54.0 Å². The Morgan fingerprint density at radius 3 is 2.60 bits per heavy atom. The average molecular weight is 336 g/mol. The molecule has 1 aromatic heterocycles. The van der Waals surface area contributed by atoms with Crippen molar-refractivity contribution in [1.82, 2.24) is 9.97 Å². The summed E-state index contributed by atoms with van der Waals surface area (Å²) in [5.41, 5.74) is 1.49. The summed E-state index contributed by atoms with van der Waals surface area (Å²) in [7, 11) is 0. The second-order valence-corrected chi connectivity index (χ2v) is 6.14. The predicted molar refractivity (Wildman–Crippen MR) is 92.6 cm³/mol. The third kappa shape index (κ3) is 4.13. The highest BCUT2D eigenvalue weighted by molar-refractivity contribution is 5.73. The smallest absolute Gasteiger partial charge is 0.309 e. The summed E-state index contributed by atoms with van der Waals surface area (Å²) in [5.74, 6) is 0.602. The molecule has 1 saturated heterocycles. The Morgan fingerprint density at radius 1 is 1.28 bits per heavy atom. The van der Waals surface area contributed by atoms with Gasteiger partial charge in [0.15, 0.2) is 0 Å². The van der Waals surface area contributed by atoms with Crippen LogP contribution in [0, 0.1) is 17.2 Å². The van der Waals surface area contributed by atoms with Crippen LogP contribution < -0.4 is 4.90 Å². The van der Waals surface area contributed by atoms with Crippen LogP contribution in [0.1, 0.15) is 37.0 Å². The number of anilines is 1. The van der Waals surface area contributed by atoms with Crippen molar-refractivity contribution >= 4 is 11.8 Å². The van der Waals surface area contributed by atoms with Gasteiger partial charge in [-0.3, -0.25) is 9.78 Å². The van der Waals surface area contributed by atoms with E-state index in [-0.39, 0.29) is 18.0 Å². The molecule has 1 fully saturated rings. The number of piperidine rings is 1. The van der Waals surface area contributed by atoms with Gasteiger partial charge in [0.25, 0.3) is 0 Å². The third-order valence-electron chi connectivity index (χ3n) is 4.50. The monoisotopic (exact) mass is 336 g/mol. The Morgan fingerprint density at radius 2 is 2.00 bits per heavy atom. The van der Waals surface area contributed by atoms with Crippen molar-refractivity contribution in [3.63, 3.8) is 0 Å². The van der Waals surface area contributed by atoms with Crippen LogP contribution >= 0.6 is 0 Å². The maximum atomic E-state index is 12.4. The molecule has 0 aliphatic carbocycles. The molecule has 0 saturated carbocycles. The van der Waals surface area contributed by atoms with Crippen LogP contribution in [0.5, 0.6) is 0 Å². The number of esters is 1. The van der Waals surface area contributed by atoms with Gasteiger partial charge in [-0.25, -0.2) is 4.98 Å². The molecule has 0 N–H and O–H groups in total. The summed E-state index contributed by atoms with van der Waals surface area (Å²) in [4.78, 5) is 22.9.